The summed E-state index contributed by atoms with van der Waals surface area (Å²) >= 11 is -0.136. The van der Waals surface area contributed by atoms with Gasteiger partial charge in [0.05, 0.1) is 0 Å². The molecule has 146 valence electrons. The number of allylic oxidation sites excluding steroid dienone is 1. The third kappa shape index (κ3) is 2.84. The van der Waals surface area contributed by atoms with E-state index in [-0.39, 0.29) is 32.8 Å². The first-order valence-electron chi connectivity index (χ1n) is 9.80. The second kappa shape index (κ2) is 7.10. The molecule has 2 aliphatic heterocycles. The SMILES string of the molecule is CC1=CC23C(c4ccccc4)=C([Se]c4ccccc4)C(=O)N2CCOC3CC1=O. The Labute approximate surface area is 176 Å². The quantitative estimate of drug-likeness (QED) is 0.675. The van der Waals surface area contributed by atoms with E-state index in [9.17, 15) is 9.59 Å². The van der Waals surface area contributed by atoms with Gasteiger partial charge in [0, 0.05) is 0 Å². The number of Topliss-reactive ketones (excluding diaryl/α,β-unsaturated/α-hetero) is 1. The van der Waals surface area contributed by atoms with Crippen molar-refractivity contribution in [2.75, 3.05) is 13.2 Å². The van der Waals surface area contributed by atoms with Gasteiger partial charge in [-0.3, -0.25) is 0 Å². The molecule has 3 aliphatic rings. The zero-order chi connectivity index (χ0) is 20.0. The van der Waals surface area contributed by atoms with Crippen molar-refractivity contribution in [1.82, 2.24) is 4.90 Å². The molecule has 4 nitrogen and oxygen atoms in total. The third-order valence-electron chi connectivity index (χ3n) is 5.91. The number of morpholine rings is 1. The van der Waals surface area contributed by atoms with Crippen molar-refractivity contribution in [3.8, 4) is 0 Å². The van der Waals surface area contributed by atoms with Crippen molar-refractivity contribution in [1.29, 1.82) is 0 Å². The van der Waals surface area contributed by atoms with Crippen molar-refractivity contribution in [3.63, 3.8) is 0 Å². The number of rotatable bonds is 3. The molecule has 2 atom stereocenters. The Morgan fingerprint density at radius 2 is 1.72 bits per heavy atom. The topological polar surface area (TPSA) is 46.6 Å². The van der Waals surface area contributed by atoms with E-state index in [1.54, 1.807) is 0 Å². The number of carbonyl (C=O) groups excluding carboxylic acids is 2. The van der Waals surface area contributed by atoms with E-state index in [2.05, 4.69) is 24.3 Å². The summed E-state index contributed by atoms with van der Waals surface area (Å²) < 4.78 is 8.15. The molecule has 29 heavy (non-hydrogen) atoms. The van der Waals surface area contributed by atoms with Gasteiger partial charge >= 0.3 is 176 Å². The molecular weight excluding hydrogens is 429 g/mol. The minimum atomic E-state index is -0.694. The van der Waals surface area contributed by atoms with Gasteiger partial charge in [-0.05, 0) is 0 Å². The van der Waals surface area contributed by atoms with Crippen LogP contribution in [-0.2, 0) is 14.3 Å². The van der Waals surface area contributed by atoms with Crippen LogP contribution in [0.5, 0.6) is 0 Å². The maximum atomic E-state index is 13.7. The van der Waals surface area contributed by atoms with Gasteiger partial charge in [-0.2, -0.15) is 0 Å². The Hall–Kier alpha value is -2.46. The van der Waals surface area contributed by atoms with E-state index in [0.717, 1.165) is 20.1 Å². The standard InChI is InChI=1S/C24H21NO3Se/c1-16-15-24-20(14-19(16)26)28-13-12-25(24)23(27)22(29-18-10-6-3-7-11-18)21(24)17-8-4-2-5-9-17/h2-11,15,20H,12-14H2,1H3. The van der Waals surface area contributed by atoms with E-state index < -0.39 is 5.54 Å². The fourth-order valence-electron chi connectivity index (χ4n) is 4.61. The van der Waals surface area contributed by atoms with Crippen molar-refractivity contribution in [3.05, 3.63) is 82.3 Å². The Morgan fingerprint density at radius 3 is 2.45 bits per heavy atom. The number of carbonyl (C=O) groups is 2. The van der Waals surface area contributed by atoms with Gasteiger partial charge in [-0.25, -0.2) is 0 Å². The Kier molecular flexibility index (Phi) is 4.54. The average Bonchev–Trinajstić information content (AvgIpc) is 2.97. The summed E-state index contributed by atoms with van der Waals surface area (Å²) in [6.45, 7) is 2.86. The third-order valence-corrected chi connectivity index (χ3v) is 8.20. The van der Waals surface area contributed by atoms with Crippen LogP contribution in [0, 0.1) is 0 Å². The van der Waals surface area contributed by atoms with Gasteiger partial charge in [0.1, 0.15) is 0 Å². The van der Waals surface area contributed by atoms with Crippen LogP contribution in [-0.4, -0.2) is 56.3 Å². The monoisotopic (exact) mass is 451 g/mol. The molecule has 2 unspecified atom stereocenters. The molecule has 2 aromatic carbocycles. The molecule has 0 N–H and O–H groups in total. The van der Waals surface area contributed by atoms with Crippen LogP contribution in [0.1, 0.15) is 18.9 Å². The van der Waals surface area contributed by atoms with Crippen LogP contribution in [0.4, 0.5) is 0 Å². The number of hydrogen-bond acceptors (Lipinski definition) is 3. The number of ether oxygens (including phenoxy) is 1. The van der Waals surface area contributed by atoms with Crippen molar-refractivity contribution < 1.29 is 14.3 Å². The van der Waals surface area contributed by atoms with Gasteiger partial charge in [0.15, 0.2) is 0 Å². The summed E-state index contributed by atoms with van der Waals surface area (Å²) in [4.78, 5) is 28.1. The average molecular weight is 450 g/mol. The van der Waals surface area contributed by atoms with Crippen molar-refractivity contribution in [2.24, 2.45) is 0 Å². The Balaban J connectivity index is 1.77. The zero-order valence-electron chi connectivity index (χ0n) is 16.1. The molecule has 1 amide bonds. The molecule has 0 saturated carbocycles. The molecule has 0 bridgehead atoms. The van der Waals surface area contributed by atoms with Gasteiger partial charge in [-0.1, -0.05) is 0 Å². The minimum absolute atomic E-state index is 0.0828. The summed E-state index contributed by atoms with van der Waals surface area (Å²) in [6, 6.07) is 20.3. The van der Waals surface area contributed by atoms with Gasteiger partial charge in [0.25, 0.3) is 0 Å². The van der Waals surface area contributed by atoms with Crippen LogP contribution < -0.4 is 4.46 Å². The Morgan fingerprint density at radius 1 is 1.03 bits per heavy atom. The second-order valence-corrected chi connectivity index (χ2v) is 9.86. The molecule has 1 aliphatic carbocycles. The van der Waals surface area contributed by atoms with E-state index in [4.69, 9.17) is 4.74 Å². The molecule has 5 rings (SSSR count). The van der Waals surface area contributed by atoms with E-state index in [0.29, 0.717) is 25.1 Å². The maximum absolute atomic E-state index is 13.7. The van der Waals surface area contributed by atoms with Crippen LogP contribution in [0.2, 0.25) is 0 Å². The molecule has 1 fully saturated rings. The molecular formula is C24H21NO3Se. The molecule has 5 heteroatoms. The van der Waals surface area contributed by atoms with Crippen LogP contribution in [0.25, 0.3) is 5.57 Å². The summed E-state index contributed by atoms with van der Waals surface area (Å²) in [6.07, 6.45) is 1.97. The molecule has 1 spiro atoms. The van der Waals surface area contributed by atoms with Crippen molar-refractivity contribution in [2.45, 2.75) is 25.0 Å². The van der Waals surface area contributed by atoms with Crippen LogP contribution in [0.3, 0.4) is 0 Å². The van der Waals surface area contributed by atoms with Crippen molar-refractivity contribution >= 4 is 36.7 Å². The molecule has 1 saturated heterocycles. The first-order chi connectivity index (χ1) is 14.1. The fraction of sp³-hybridized carbons (Fsp3) is 0.250. The molecule has 2 heterocycles. The predicted molar refractivity (Wildman–Crippen MR) is 113 cm³/mol. The summed E-state index contributed by atoms with van der Waals surface area (Å²) in [7, 11) is 0. The summed E-state index contributed by atoms with van der Waals surface area (Å²) in [5.74, 6) is 0.184. The van der Waals surface area contributed by atoms with Gasteiger partial charge in [-0.15, -0.1) is 0 Å². The second-order valence-electron chi connectivity index (χ2n) is 7.58. The molecule has 2 aromatic rings. The summed E-state index contributed by atoms with van der Waals surface area (Å²) in [5, 5.41) is 0. The molecule has 0 aromatic heterocycles. The number of benzene rings is 2. The number of nitrogens with zero attached hydrogens (tertiary/aromatic N) is 1. The molecule has 0 radical (unpaired) electrons. The van der Waals surface area contributed by atoms with Gasteiger partial charge in [0.2, 0.25) is 0 Å². The van der Waals surface area contributed by atoms with Crippen LogP contribution >= 0.6 is 0 Å². The number of ketones is 1. The number of amides is 1. The van der Waals surface area contributed by atoms with E-state index >= 15 is 0 Å². The summed E-state index contributed by atoms with van der Waals surface area (Å²) in [5.41, 5.74) is 2.07. The Bertz CT molecular complexity index is 1040. The van der Waals surface area contributed by atoms with E-state index in [1.807, 2.05) is 54.3 Å². The predicted octanol–water partition coefficient (Wildman–Crippen LogP) is 2.33. The zero-order valence-corrected chi connectivity index (χ0v) is 17.8. The van der Waals surface area contributed by atoms with E-state index in [1.165, 1.54) is 0 Å². The number of hydrogen-bond donors (Lipinski definition) is 0. The van der Waals surface area contributed by atoms with Gasteiger partial charge < -0.3 is 0 Å². The first-order valence-corrected chi connectivity index (χ1v) is 11.5. The normalized spacial score (nSPS) is 26.3. The first kappa shape index (κ1) is 18.6. The fourth-order valence-corrected chi connectivity index (χ4v) is 6.94. The van der Waals surface area contributed by atoms with Crippen LogP contribution in [0.15, 0.2) is 76.8 Å².